The highest BCUT2D eigenvalue weighted by molar-refractivity contribution is 5.94. The second-order valence-corrected chi connectivity index (χ2v) is 24.3. The number of nitriles is 2. The second-order valence-electron chi connectivity index (χ2n) is 24.3. The molecule has 0 aliphatic carbocycles. The van der Waals surface area contributed by atoms with E-state index < -0.39 is 96.1 Å². The highest BCUT2D eigenvalue weighted by Gasteiger charge is 2.43. The zero-order valence-electron chi connectivity index (χ0n) is 53.0. The molecule has 0 spiro atoms. The van der Waals surface area contributed by atoms with Crippen LogP contribution in [-0.2, 0) is 96.4 Å². The highest BCUT2D eigenvalue weighted by Crippen LogP contribution is 2.25. The van der Waals surface area contributed by atoms with Crippen LogP contribution in [0.5, 0.6) is 0 Å². The molecule has 1 fully saturated rings. The Balaban J connectivity index is 1.59. The molecule has 5 rings (SSSR count). The maximum atomic E-state index is 15.1. The van der Waals surface area contributed by atoms with Crippen LogP contribution < -0.4 is 0 Å². The summed E-state index contributed by atoms with van der Waals surface area (Å²) in [6, 6.07) is 15.2. The van der Waals surface area contributed by atoms with Crippen molar-refractivity contribution in [3.05, 3.63) is 106 Å². The number of carbonyl (C=O) groups is 8. The molecule has 476 valence electrons. The predicted molar refractivity (Wildman–Crippen MR) is 319 cm³/mol. The van der Waals surface area contributed by atoms with Crippen molar-refractivity contribution in [2.45, 2.75) is 183 Å². The Kier molecular flexibility index (Phi) is 25.5. The average Bonchev–Trinajstić information content (AvgIpc) is 4.24. The van der Waals surface area contributed by atoms with Gasteiger partial charge in [-0.15, -0.1) is 0 Å². The summed E-state index contributed by atoms with van der Waals surface area (Å²) in [5.41, 5.74) is 3.52. The molecule has 4 amide bonds. The fraction of sp³-hybridized carbons (Fsp3) is 0.562. The zero-order chi connectivity index (χ0) is 65.4. The molecule has 0 saturated carbocycles. The minimum Gasteiger partial charge on any atom is -0.451 e. The number of hydrogen-bond acceptors (Lipinski definition) is 18. The number of nitrogens with zero attached hydrogens (tertiary/aromatic N) is 10. The van der Waals surface area contributed by atoms with E-state index in [1.165, 1.54) is 52.8 Å². The van der Waals surface area contributed by atoms with Crippen molar-refractivity contribution in [3.8, 4) is 12.1 Å². The molecule has 3 heterocycles. The van der Waals surface area contributed by atoms with Crippen molar-refractivity contribution < 1.29 is 67.5 Å². The predicted octanol–water partition coefficient (Wildman–Crippen LogP) is 4.88. The fourth-order valence-electron chi connectivity index (χ4n) is 10.4. The molecule has 1 aliphatic heterocycles. The van der Waals surface area contributed by atoms with Crippen LogP contribution in [0.3, 0.4) is 0 Å². The summed E-state index contributed by atoms with van der Waals surface area (Å²) in [4.78, 5) is 122. The molecule has 0 bridgehead atoms. The number of amides is 4. The van der Waals surface area contributed by atoms with E-state index in [1.54, 1.807) is 59.3 Å². The van der Waals surface area contributed by atoms with Crippen molar-refractivity contribution in [2.75, 3.05) is 28.2 Å². The van der Waals surface area contributed by atoms with Gasteiger partial charge in [0.15, 0.2) is 30.1 Å². The molecule has 1 aliphatic rings. The fourth-order valence-corrected chi connectivity index (χ4v) is 10.4. The van der Waals surface area contributed by atoms with Gasteiger partial charge < -0.3 is 48.8 Å². The Hall–Kier alpha value is -8.48. The Morgan fingerprint density at radius 2 is 0.807 bits per heavy atom. The quantitative estimate of drug-likeness (QED) is 0.0990. The van der Waals surface area contributed by atoms with Crippen molar-refractivity contribution in [3.63, 3.8) is 0 Å². The summed E-state index contributed by atoms with van der Waals surface area (Å²) in [5.74, 6) is -8.13. The molecule has 2 N–H and O–H groups in total. The summed E-state index contributed by atoms with van der Waals surface area (Å²) >= 11 is 0. The number of aromatic nitrogens is 4. The molecule has 0 radical (unpaired) electrons. The Morgan fingerprint density at radius 1 is 0.466 bits per heavy atom. The van der Waals surface area contributed by atoms with Crippen molar-refractivity contribution in [1.29, 1.82) is 10.5 Å². The Morgan fingerprint density at radius 3 is 1.14 bits per heavy atom. The molecule has 8 atom stereocenters. The third-order valence-corrected chi connectivity index (χ3v) is 15.3. The Bertz CT molecular complexity index is 3160. The number of esters is 4. The van der Waals surface area contributed by atoms with Gasteiger partial charge in [-0.05, 0) is 91.5 Å². The Labute approximate surface area is 515 Å². The van der Waals surface area contributed by atoms with Crippen LogP contribution in [-0.4, -0.2) is 174 Å². The van der Waals surface area contributed by atoms with Crippen LogP contribution >= 0.6 is 0 Å². The topological polar surface area (TPSA) is 310 Å². The number of carbonyl (C=O) groups excluding carboxylic acids is 8. The summed E-state index contributed by atoms with van der Waals surface area (Å²) in [6.07, 6.45) is -6.69. The van der Waals surface area contributed by atoms with E-state index in [2.05, 4.69) is 10.2 Å². The number of rotatable bonds is 18. The van der Waals surface area contributed by atoms with Gasteiger partial charge in [0.1, 0.15) is 42.0 Å². The van der Waals surface area contributed by atoms with Crippen LogP contribution in [0.15, 0.2) is 60.7 Å². The van der Waals surface area contributed by atoms with Gasteiger partial charge in [-0.1, -0.05) is 104 Å². The van der Waals surface area contributed by atoms with Crippen molar-refractivity contribution in [1.82, 2.24) is 39.2 Å². The van der Waals surface area contributed by atoms with Gasteiger partial charge in [-0.25, -0.2) is 23.9 Å². The first-order valence-corrected chi connectivity index (χ1v) is 29.7. The monoisotopic (exact) mass is 1220 g/mol. The lowest BCUT2D eigenvalue weighted by Gasteiger charge is -2.35. The zero-order valence-corrected chi connectivity index (χ0v) is 53.0. The largest absolute Gasteiger partial charge is 0.451 e. The van der Waals surface area contributed by atoms with E-state index in [0.717, 1.165) is 25.2 Å². The summed E-state index contributed by atoms with van der Waals surface area (Å²) in [5, 5.41) is 47.1. The first-order valence-electron chi connectivity index (χ1n) is 29.7. The number of cyclic esters (lactones) is 4. The molecular formula is C64H86N10O14. The maximum Gasteiger partial charge on any atom is 0.329 e. The first kappa shape index (κ1) is 70.3. The van der Waals surface area contributed by atoms with Crippen LogP contribution in [0.1, 0.15) is 140 Å². The first-order chi connectivity index (χ1) is 41.5. The molecule has 24 nitrogen and oxygen atoms in total. The van der Waals surface area contributed by atoms with Crippen molar-refractivity contribution in [2.24, 2.45) is 23.7 Å². The smallest absolute Gasteiger partial charge is 0.329 e. The van der Waals surface area contributed by atoms with Gasteiger partial charge in [0, 0.05) is 47.1 Å². The number of aliphatic hydroxyl groups is 2. The molecule has 1 saturated heterocycles. The maximum absolute atomic E-state index is 15.1. The summed E-state index contributed by atoms with van der Waals surface area (Å²) < 4.78 is 27.1. The van der Waals surface area contributed by atoms with Crippen molar-refractivity contribution >= 4 is 47.5 Å². The van der Waals surface area contributed by atoms with Gasteiger partial charge in [-0.3, -0.25) is 23.9 Å². The normalized spacial score (nSPS) is 22.0. The highest BCUT2D eigenvalue weighted by atomic mass is 16.6. The number of ether oxygens (including phenoxy) is 4. The standard InChI is InChI=1S/C64H86N10O14/c1-37(2)23-51-61(81)85-42(10)58(78)70(12)54(26-40(7)8)64(84)88-56(28-44-17-21-46(22-18-44)34-74-50(36-76)30-48(35-75)68-74)60(80)72(14)52(24-38(3)4)62(82)86-41(9)57(77)69(11)53(25-39(5)6)63(83)87-55(59(79)71(51)13)27-43-15-19-45(20-16-43)33-73-49(32-66)29-47(31-65)67-73/h15-22,29-30,37-42,51-56,75-76H,23-28,33-36H2,1-14H3/t41-,42-,51+,52+,53+,54+,55-,56-/m1/s1. The molecule has 0 unspecified atom stereocenters. The van der Waals surface area contributed by atoms with E-state index in [0.29, 0.717) is 28.1 Å². The van der Waals surface area contributed by atoms with Crippen LogP contribution in [0.4, 0.5) is 0 Å². The summed E-state index contributed by atoms with van der Waals surface area (Å²) in [6.45, 7) is 16.9. The number of benzene rings is 2. The molecule has 24 heteroatoms. The minimum atomic E-state index is -1.63. The molecule has 2 aromatic carbocycles. The van der Waals surface area contributed by atoms with Gasteiger partial charge in [0.05, 0.1) is 37.7 Å². The molecule has 2 aromatic heterocycles. The van der Waals surface area contributed by atoms with Crippen LogP contribution in [0.25, 0.3) is 0 Å². The number of likely N-dealkylation sites (N-methyl/N-ethyl adjacent to an activating group) is 4. The van der Waals surface area contributed by atoms with E-state index >= 15 is 9.59 Å². The number of aliphatic hydroxyl groups excluding tert-OH is 2. The summed E-state index contributed by atoms with van der Waals surface area (Å²) in [7, 11) is 5.39. The molecular weight excluding hydrogens is 1130 g/mol. The average molecular weight is 1220 g/mol. The van der Waals surface area contributed by atoms with Gasteiger partial charge in [0.25, 0.3) is 23.6 Å². The molecule has 4 aromatic rings. The SMILES string of the molecule is CC(C)C[C@H]1C(=O)O[C@H](Cc2ccc(Cn3nc(CO)cc3CO)cc2)C(=O)N(C)[C@@H](CC(C)C)C(=O)O[C@H](C)C(=O)N(C)[C@@H](CC(C)C)C(=O)O[C@H](Cc2ccc(Cn3nc(C#N)cc3C#N)cc2)C(=O)N(C)[C@@H](CC(C)C)C(=O)O[C@H](C)C(=O)N1C. The van der Waals surface area contributed by atoms with E-state index in [4.69, 9.17) is 18.9 Å². The lowest BCUT2D eigenvalue weighted by Crippen LogP contribution is -2.55. The molecule has 88 heavy (non-hydrogen) atoms. The van der Waals surface area contributed by atoms with Gasteiger partial charge in [0.2, 0.25) is 0 Å². The van der Waals surface area contributed by atoms with Gasteiger partial charge in [-0.2, -0.15) is 20.7 Å². The lowest BCUT2D eigenvalue weighted by atomic mass is 9.99. The second kappa shape index (κ2) is 32.0. The number of hydrogen-bond donors (Lipinski definition) is 2. The third kappa shape index (κ3) is 18.8. The third-order valence-electron chi connectivity index (χ3n) is 15.3. The van der Waals surface area contributed by atoms with Gasteiger partial charge >= 0.3 is 23.9 Å². The lowest BCUT2D eigenvalue weighted by molar-refractivity contribution is -0.176. The van der Waals surface area contributed by atoms with Crippen LogP contribution in [0, 0.1) is 46.3 Å². The minimum absolute atomic E-state index is 0.0238. The van der Waals surface area contributed by atoms with E-state index in [9.17, 15) is 49.5 Å². The van der Waals surface area contributed by atoms with Crippen LogP contribution in [0.2, 0.25) is 0 Å². The van der Waals surface area contributed by atoms with E-state index in [-0.39, 0.29) is 99.9 Å². The van der Waals surface area contributed by atoms with E-state index in [1.807, 2.05) is 67.5 Å².